The van der Waals surface area contributed by atoms with Crippen molar-refractivity contribution in [3.8, 4) is 0 Å². The van der Waals surface area contributed by atoms with E-state index in [4.69, 9.17) is 0 Å². The van der Waals surface area contributed by atoms with E-state index in [1.165, 1.54) is 0 Å². The molecule has 1 unspecified atom stereocenters. The van der Waals surface area contributed by atoms with Crippen LogP contribution >= 0.6 is 0 Å². The molecule has 5 heteroatoms. The molecule has 2 rings (SSSR count). The highest BCUT2D eigenvalue weighted by molar-refractivity contribution is 5.96. The van der Waals surface area contributed by atoms with Gasteiger partial charge in [-0.2, -0.15) is 0 Å². The second-order valence-electron chi connectivity index (χ2n) is 5.03. The van der Waals surface area contributed by atoms with Crippen LogP contribution in [0.3, 0.4) is 0 Å². The lowest BCUT2D eigenvalue weighted by Crippen LogP contribution is -2.32. The number of aryl methyl sites for hydroxylation is 1. The van der Waals surface area contributed by atoms with Crippen LogP contribution < -0.4 is 10.6 Å². The SMILES string of the molecule is CCc1cccc(NC(C)C(=O)Nc2cc(F)ccc2F)c1. The molecule has 0 fully saturated rings. The predicted octanol–water partition coefficient (Wildman–Crippen LogP) is 3.97. The van der Waals surface area contributed by atoms with Gasteiger partial charge in [0, 0.05) is 11.8 Å². The quantitative estimate of drug-likeness (QED) is 0.877. The van der Waals surface area contributed by atoms with Gasteiger partial charge in [-0.3, -0.25) is 4.79 Å². The van der Waals surface area contributed by atoms with Gasteiger partial charge in [0.2, 0.25) is 5.91 Å². The lowest BCUT2D eigenvalue weighted by molar-refractivity contribution is -0.116. The summed E-state index contributed by atoms with van der Waals surface area (Å²) in [6, 6.07) is 10.1. The minimum absolute atomic E-state index is 0.166. The fourth-order valence-corrected chi connectivity index (χ4v) is 2.03. The number of nitrogens with one attached hydrogen (secondary N) is 2. The molecule has 2 aromatic carbocycles. The summed E-state index contributed by atoms with van der Waals surface area (Å²) in [6.07, 6.45) is 0.893. The number of hydrogen-bond donors (Lipinski definition) is 2. The number of hydrogen-bond acceptors (Lipinski definition) is 2. The minimum Gasteiger partial charge on any atom is -0.374 e. The van der Waals surface area contributed by atoms with Crippen molar-refractivity contribution in [3.05, 3.63) is 59.7 Å². The second-order valence-corrected chi connectivity index (χ2v) is 5.03. The Morgan fingerprint density at radius 2 is 1.95 bits per heavy atom. The molecule has 0 bridgehead atoms. The first-order valence-electron chi connectivity index (χ1n) is 7.11. The molecule has 116 valence electrons. The van der Waals surface area contributed by atoms with Crippen LogP contribution in [0.15, 0.2) is 42.5 Å². The zero-order valence-corrected chi connectivity index (χ0v) is 12.5. The van der Waals surface area contributed by atoms with E-state index in [0.717, 1.165) is 35.9 Å². The smallest absolute Gasteiger partial charge is 0.246 e. The van der Waals surface area contributed by atoms with E-state index in [1.54, 1.807) is 6.92 Å². The van der Waals surface area contributed by atoms with Gasteiger partial charge in [0.1, 0.15) is 17.7 Å². The summed E-state index contributed by atoms with van der Waals surface area (Å²) in [5.41, 5.74) is 1.79. The van der Waals surface area contributed by atoms with E-state index >= 15 is 0 Å². The Balaban J connectivity index is 2.04. The molecule has 22 heavy (non-hydrogen) atoms. The number of anilines is 2. The molecule has 0 aliphatic carbocycles. The molecule has 3 nitrogen and oxygen atoms in total. The Morgan fingerprint density at radius 1 is 1.18 bits per heavy atom. The highest BCUT2D eigenvalue weighted by atomic mass is 19.1. The number of halogens is 2. The predicted molar refractivity (Wildman–Crippen MR) is 83.9 cm³/mol. The van der Waals surface area contributed by atoms with Crippen LogP contribution in [-0.4, -0.2) is 11.9 Å². The maximum atomic E-state index is 13.5. The first-order valence-corrected chi connectivity index (χ1v) is 7.11. The van der Waals surface area contributed by atoms with Gasteiger partial charge < -0.3 is 10.6 Å². The van der Waals surface area contributed by atoms with Crippen LogP contribution in [0.1, 0.15) is 19.4 Å². The number of amides is 1. The Morgan fingerprint density at radius 3 is 2.68 bits per heavy atom. The van der Waals surface area contributed by atoms with Crippen molar-refractivity contribution in [1.29, 1.82) is 0 Å². The fourth-order valence-electron chi connectivity index (χ4n) is 2.03. The molecule has 0 spiro atoms. The minimum atomic E-state index is -0.671. The van der Waals surface area contributed by atoms with Gasteiger partial charge in [0.25, 0.3) is 0 Å². The highest BCUT2D eigenvalue weighted by Crippen LogP contribution is 2.17. The van der Waals surface area contributed by atoms with Crippen molar-refractivity contribution < 1.29 is 13.6 Å². The molecule has 2 aromatic rings. The number of carbonyl (C=O) groups excluding carboxylic acids is 1. The Kier molecular flexibility index (Phi) is 5.09. The van der Waals surface area contributed by atoms with Crippen LogP contribution in [0.5, 0.6) is 0 Å². The Labute approximate surface area is 128 Å². The average molecular weight is 304 g/mol. The van der Waals surface area contributed by atoms with Gasteiger partial charge in [-0.15, -0.1) is 0 Å². The molecular weight excluding hydrogens is 286 g/mol. The van der Waals surface area contributed by atoms with Gasteiger partial charge in [-0.05, 0) is 43.2 Å². The standard InChI is InChI=1S/C17H18F2N2O/c1-3-12-5-4-6-14(9-12)20-11(2)17(22)21-16-10-13(18)7-8-15(16)19/h4-11,20H,3H2,1-2H3,(H,21,22). The molecule has 0 aliphatic rings. The zero-order chi connectivity index (χ0) is 16.1. The Bertz CT molecular complexity index is 673. The summed E-state index contributed by atoms with van der Waals surface area (Å²) in [7, 11) is 0. The number of benzene rings is 2. The monoisotopic (exact) mass is 304 g/mol. The van der Waals surface area contributed by atoms with Gasteiger partial charge >= 0.3 is 0 Å². The van der Waals surface area contributed by atoms with Crippen molar-refractivity contribution in [2.75, 3.05) is 10.6 Å². The normalized spacial score (nSPS) is 11.8. The van der Waals surface area contributed by atoms with Crippen LogP contribution in [-0.2, 0) is 11.2 Å². The third-order valence-electron chi connectivity index (χ3n) is 3.30. The molecule has 1 amide bonds. The van der Waals surface area contributed by atoms with Crippen LogP contribution in [0.4, 0.5) is 20.2 Å². The summed E-state index contributed by atoms with van der Waals surface area (Å²) in [4.78, 5) is 12.1. The molecule has 0 aliphatic heterocycles. The topological polar surface area (TPSA) is 41.1 Å². The average Bonchev–Trinajstić information content (AvgIpc) is 2.51. The number of rotatable bonds is 5. The lowest BCUT2D eigenvalue weighted by atomic mass is 10.1. The van der Waals surface area contributed by atoms with E-state index in [0.29, 0.717) is 0 Å². The van der Waals surface area contributed by atoms with E-state index in [1.807, 2.05) is 31.2 Å². The molecule has 0 heterocycles. The van der Waals surface area contributed by atoms with Crippen molar-refractivity contribution in [1.82, 2.24) is 0 Å². The van der Waals surface area contributed by atoms with Crippen molar-refractivity contribution in [3.63, 3.8) is 0 Å². The summed E-state index contributed by atoms with van der Waals surface area (Å²) in [5.74, 6) is -1.71. The molecular formula is C17H18F2N2O. The first kappa shape index (κ1) is 15.9. The molecule has 0 saturated carbocycles. The van der Waals surface area contributed by atoms with E-state index < -0.39 is 23.6 Å². The highest BCUT2D eigenvalue weighted by Gasteiger charge is 2.15. The molecule has 0 saturated heterocycles. The van der Waals surface area contributed by atoms with Crippen LogP contribution in [0.2, 0.25) is 0 Å². The summed E-state index contributed by atoms with van der Waals surface area (Å²) in [6.45, 7) is 3.70. The molecule has 0 aromatic heterocycles. The number of carbonyl (C=O) groups is 1. The van der Waals surface area contributed by atoms with Gasteiger partial charge in [-0.1, -0.05) is 19.1 Å². The molecule has 1 atom stereocenters. The third-order valence-corrected chi connectivity index (χ3v) is 3.30. The van der Waals surface area contributed by atoms with Crippen LogP contribution in [0, 0.1) is 11.6 Å². The van der Waals surface area contributed by atoms with Crippen molar-refractivity contribution in [2.24, 2.45) is 0 Å². The summed E-state index contributed by atoms with van der Waals surface area (Å²) < 4.78 is 26.6. The lowest BCUT2D eigenvalue weighted by Gasteiger charge is -2.16. The maximum Gasteiger partial charge on any atom is 0.246 e. The van der Waals surface area contributed by atoms with Crippen molar-refractivity contribution in [2.45, 2.75) is 26.3 Å². The van der Waals surface area contributed by atoms with E-state index in [2.05, 4.69) is 10.6 Å². The zero-order valence-electron chi connectivity index (χ0n) is 12.5. The van der Waals surface area contributed by atoms with E-state index in [-0.39, 0.29) is 5.69 Å². The van der Waals surface area contributed by atoms with Gasteiger partial charge in [-0.25, -0.2) is 8.78 Å². The van der Waals surface area contributed by atoms with E-state index in [9.17, 15) is 13.6 Å². The molecule has 2 N–H and O–H groups in total. The summed E-state index contributed by atoms with van der Waals surface area (Å²) >= 11 is 0. The first-order chi connectivity index (χ1) is 10.5. The third kappa shape index (κ3) is 4.04. The largest absolute Gasteiger partial charge is 0.374 e. The Hall–Kier alpha value is -2.43. The second kappa shape index (κ2) is 7.02. The van der Waals surface area contributed by atoms with Crippen molar-refractivity contribution >= 4 is 17.3 Å². The maximum absolute atomic E-state index is 13.5. The van der Waals surface area contributed by atoms with Gasteiger partial charge in [0.05, 0.1) is 5.69 Å². The summed E-state index contributed by atoms with van der Waals surface area (Å²) in [5, 5.41) is 5.43. The van der Waals surface area contributed by atoms with Gasteiger partial charge in [0.15, 0.2) is 0 Å². The molecule has 0 radical (unpaired) electrons. The fraction of sp³-hybridized carbons (Fsp3) is 0.235. The van der Waals surface area contributed by atoms with Crippen LogP contribution in [0.25, 0.3) is 0 Å².